The molecule has 0 aromatic rings. The van der Waals surface area contributed by atoms with Gasteiger partial charge in [0.2, 0.25) is 0 Å². The molecule has 1 aliphatic carbocycles. The first kappa shape index (κ1) is 28.5. The predicted molar refractivity (Wildman–Crippen MR) is 121 cm³/mol. The van der Waals surface area contributed by atoms with E-state index in [9.17, 15) is 25.5 Å². The fourth-order valence-corrected chi connectivity index (χ4v) is 3.77. The lowest BCUT2D eigenvalue weighted by Crippen LogP contribution is -2.38. The van der Waals surface area contributed by atoms with Crippen molar-refractivity contribution >= 4 is 0 Å². The maximum atomic E-state index is 9.89. The molecule has 1 aliphatic rings. The summed E-state index contributed by atoms with van der Waals surface area (Å²) >= 11 is 0. The summed E-state index contributed by atoms with van der Waals surface area (Å²) < 4.78 is 10.7. The molecule has 31 heavy (non-hydrogen) atoms. The van der Waals surface area contributed by atoms with Crippen LogP contribution in [0.4, 0.5) is 0 Å². The van der Waals surface area contributed by atoms with Crippen molar-refractivity contribution in [3.63, 3.8) is 0 Å². The Kier molecular flexibility index (Phi) is 16.5. The highest BCUT2D eigenvalue weighted by Crippen LogP contribution is 2.24. The summed E-state index contributed by atoms with van der Waals surface area (Å²) in [5.74, 6) is 0. The highest BCUT2D eigenvalue weighted by atomic mass is 16.5. The largest absolute Gasteiger partial charge is 0.388 e. The molecule has 1 saturated carbocycles. The number of hydrogen-bond donors (Lipinski definition) is 5. The van der Waals surface area contributed by atoms with Gasteiger partial charge in [0.05, 0.1) is 13.2 Å². The van der Waals surface area contributed by atoms with E-state index in [-0.39, 0.29) is 13.2 Å². The third-order valence-corrected chi connectivity index (χ3v) is 5.81. The average Bonchev–Trinajstić information content (AvgIpc) is 2.94. The fraction of sp³-hybridized carbons (Fsp3) is 0.917. The molecule has 7 heteroatoms. The summed E-state index contributed by atoms with van der Waals surface area (Å²) in [5, 5.41) is 48.3. The summed E-state index contributed by atoms with van der Waals surface area (Å²) in [6.45, 7) is 2.76. The van der Waals surface area contributed by atoms with Crippen LogP contribution in [0.15, 0.2) is 12.2 Å². The van der Waals surface area contributed by atoms with E-state index in [1.165, 1.54) is 64.2 Å². The highest BCUT2D eigenvalue weighted by molar-refractivity contribution is 4.99. The van der Waals surface area contributed by atoms with Gasteiger partial charge in [-0.2, -0.15) is 0 Å². The van der Waals surface area contributed by atoms with Crippen LogP contribution in [0, 0.1) is 0 Å². The average molecular weight is 447 g/mol. The van der Waals surface area contributed by atoms with Gasteiger partial charge in [-0.25, -0.2) is 0 Å². The van der Waals surface area contributed by atoms with Crippen LogP contribution in [0.25, 0.3) is 0 Å². The van der Waals surface area contributed by atoms with Gasteiger partial charge in [-0.1, -0.05) is 70.4 Å². The SMILES string of the molecule is CCCC/C=C/CCCCCCCCCCOCC(O)COC1C(O)C(O)C(O)C1O. The second-order valence-electron chi connectivity index (χ2n) is 8.72. The Morgan fingerprint density at radius 1 is 0.677 bits per heavy atom. The number of aliphatic hydroxyl groups is 5. The molecule has 5 N–H and O–H groups in total. The molecule has 0 bridgehead atoms. The van der Waals surface area contributed by atoms with Gasteiger partial charge >= 0.3 is 0 Å². The summed E-state index contributed by atoms with van der Waals surface area (Å²) in [4.78, 5) is 0. The zero-order valence-corrected chi connectivity index (χ0v) is 19.3. The van der Waals surface area contributed by atoms with E-state index in [0.717, 1.165) is 12.8 Å². The Hall–Kier alpha value is -0.540. The van der Waals surface area contributed by atoms with Gasteiger partial charge in [-0.15, -0.1) is 0 Å². The van der Waals surface area contributed by atoms with Crippen molar-refractivity contribution in [3.05, 3.63) is 12.2 Å². The molecule has 1 rings (SSSR count). The molecule has 0 spiro atoms. The lowest BCUT2D eigenvalue weighted by atomic mass is 10.1. The Labute approximate surface area is 188 Å². The summed E-state index contributed by atoms with van der Waals surface area (Å²) in [6.07, 6.45) is 11.7. The number of rotatable bonds is 19. The molecule has 0 amide bonds. The van der Waals surface area contributed by atoms with Gasteiger partial charge in [0.1, 0.15) is 36.6 Å². The first-order valence-electron chi connectivity index (χ1n) is 12.2. The molecule has 0 aliphatic heterocycles. The van der Waals surface area contributed by atoms with Crippen LogP contribution in [0.3, 0.4) is 0 Å². The molecular formula is C24H46O7. The second kappa shape index (κ2) is 18.0. The maximum Gasteiger partial charge on any atom is 0.115 e. The van der Waals surface area contributed by atoms with Gasteiger partial charge in [-0.3, -0.25) is 0 Å². The molecule has 0 aromatic heterocycles. The number of hydrogen-bond acceptors (Lipinski definition) is 7. The quantitative estimate of drug-likeness (QED) is 0.153. The minimum atomic E-state index is -1.45. The van der Waals surface area contributed by atoms with E-state index in [2.05, 4.69) is 19.1 Å². The Balaban J connectivity index is 1.86. The van der Waals surface area contributed by atoms with E-state index in [1.54, 1.807) is 0 Å². The smallest absolute Gasteiger partial charge is 0.115 e. The fourth-order valence-electron chi connectivity index (χ4n) is 3.77. The van der Waals surface area contributed by atoms with Crippen LogP contribution < -0.4 is 0 Å². The first-order chi connectivity index (χ1) is 15.0. The molecule has 0 heterocycles. The highest BCUT2D eigenvalue weighted by Gasteiger charge is 2.49. The molecule has 5 atom stereocenters. The van der Waals surface area contributed by atoms with Crippen LogP contribution in [0.2, 0.25) is 0 Å². The monoisotopic (exact) mass is 446 g/mol. The van der Waals surface area contributed by atoms with E-state index in [0.29, 0.717) is 6.61 Å². The van der Waals surface area contributed by atoms with Crippen LogP contribution in [-0.4, -0.2) is 82.0 Å². The van der Waals surface area contributed by atoms with Gasteiger partial charge in [0, 0.05) is 6.61 Å². The Morgan fingerprint density at radius 3 is 1.77 bits per heavy atom. The normalized spacial score (nSPS) is 27.4. The van der Waals surface area contributed by atoms with Crippen molar-refractivity contribution in [2.45, 2.75) is 121 Å². The van der Waals surface area contributed by atoms with Crippen molar-refractivity contribution < 1.29 is 35.0 Å². The lowest BCUT2D eigenvalue weighted by molar-refractivity contribution is -0.113. The standard InChI is InChI=1S/C24H46O7/c1-2-3-4-5-6-7-8-9-10-11-12-13-14-15-16-30-17-19(25)18-31-24-22(28)20(26)21(27)23(24)29/h5-6,19-29H,2-4,7-18H2,1H3/b6-5+. The zero-order chi connectivity index (χ0) is 22.9. The van der Waals surface area contributed by atoms with E-state index in [4.69, 9.17) is 9.47 Å². The topological polar surface area (TPSA) is 120 Å². The molecule has 0 radical (unpaired) electrons. The summed E-state index contributed by atoms with van der Waals surface area (Å²) in [7, 11) is 0. The van der Waals surface area contributed by atoms with Crippen molar-refractivity contribution in [2.75, 3.05) is 19.8 Å². The van der Waals surface area contributed by atoms with Gasteiger partial charge in [0.25, 0.3) is 0 Å². The van der Waals surface area contributed by atoms with Crippen LogP contribution in [0.1, 0.15) is 84.0 Å². The number of aliphatic hydroxyl groups excluding tert-OH is 5. The van der Waals surface area contributed by atoms with E-state index < -0.39 is 36.6 Å². The van der Waals surface area contributed by atoms with Crippen molar-refractivity contribution in [1.29, 1.82) is 0 Å². The lowest BCUT2D eigenvalue weighted by Gasteiger charge is -2.21. The zero-order valence-electron chi connectivity index (χ0n) is 19.3. The van der Waals surface area contributed by atoms with Gasteiger partial charge in [0.15, 0.2) is 0 Å². The summed E-state index contributed by atoms with van der Waals surface area (Å²) in [6, 6.07) is 0. The molecule has 5 unspecified atom stereocenters. The number of allylic oxidation sites excluding steroid dienone is 2. The first-order valence-corrected chi connectivity index (χ1v) is 12.2. The molecule has 1 fully saturated rings. The Bertz CT molecular complexity index is 432. The van der Waals surface area contributed by atoms with Crippen LogP contribution in [0.5, 0.6) is 0 Å². The predicted octanol–water partition coefficient (Wildman–Crippen LogP) is 2.46. The second-order valence-corrected chi connectivity index (χ2v) is 8.72. The van der Waals surface area contributed by atoms with Crippen LogP contribution in [-0.2, 0) is 9.47 Å². The molecule has 184 valence electrons. The third kappa shape index (κ3) is 12.3. The molecule has 7 nitrogen and oxygen atoms in total. The van der Waals surface area contributed by atoms with E-state index in [1.807, 2.05) is 0 Å². The number of ether oxygens (including phenoxy) is 2. The number of unbranched alkanes of at least 4 members (excludes halogenated alkanes) is 10. The van der Waals surface area contributed by atoms with Crippen molar-refractivity contribution in [2.24, 2.45) is 0 Å². The van der Waals surface area contributed by atoms with Gasteiger partial charge in [-0.05, 0) is 25.7 Å². The van der Waals surface area contributed by atoms with Crippen molar-refractivity contribution in [3.8, 4) is 0 Å². The molecular weight excluding hydrogens is 400 g/mol. The minimum absolute atomic E-state index is 0.108. The van der Waals surface area contributed by atoms with Crippen LogP contribution >= 0.6 is 0 Å². The maximum absolute atomic E-state index is 9.89. The third-order valence-electron chi connectivity index (χ3n) is 5.81. The minimum Gasteiger partial charge on any atom is -0.388 e. The van der Waals surface area contributed by atoms with Crippen molar-refractivity contribution in [1.82, 2.24) is 0 Å². The van der Waals surface area contributed by atoms with Gasteiger partial charge < -0.3 is 35.0 Å². The Morgan fingerprint density at radius 2 is 1.19 bits per heavy atom. The summed E-state index contributed by atoms with van der Waals surface area (Å²) in [5.41, 5.74) is 0. The molecule has 0 aromatic carbocycles. The van der Waals surface area contributed by atoms with E-state index >= 15 is 0 Å². The molecule has 0 saturated heterocycles.